The molecular weight excluding hydrogens is 331 g/mol. The van der Waals surface area contributed by atoms with Crippen molar-refractivity contribution >= 4 is 41.6 Å². The fraction of sp³-hybridized carbons (Fsp3) is 0.118. The molecule has 1 unspecified atom stereocenters. The van der Waals surface area contributed by atoms with Gasteiger partial charge in [-0.1, -0.05) is 71.3 Å². The molecule has 2 aromatic carbocycles. The maximum absolute atomic E-state index is 6.53. The van der Waals surface area contributed by atoms with E-state index in [1.807, 2.05) is 36.9 Å². The highest BCUT2D eigenvalue weighted by molar-refractivity contribution is 7.01. The smallest absolute Gasteiger partial charge is 0.136 e. The van der Waals surface area contributed by atoms with Crippen molar-refractivity contribution in [3.8, 4) is 0 Å². The summed E-state index contributed by atoms with van der Waals surface area (Å²) in [6.45, 7) is 2.33. The first-order valence-electron chi connectivity index (χ1n) is 7.06. The Bertz CT molecular complexity index is 760. The summed E-state index contributed by atoms with van der Waals surface area (Å²) in [4.78, 5) is 4.16. The minimum Gasteiger partial charge on any atom is -0.340 e. The van der Waals surface area contributed by atoms with Crippen molar-refractivity contribution in [3.63, 3.8) is 0 Å². The normalized spacial score (nSPS) is 13.8. The Morgan fingerprint density at radius 3 is 2.50 bits per heavy atom. The maximum Gasteiger partial charge on any atom is 0.136 e. The Morgan fingerprint density at radius 1 is 1.09 bits per heavy atom. The number of aromatic nitrogens is 2. The zero-order chi connectivity index (χ0) is 15.6. The molecule has 0 aliphatic carbocycles. The summed E-state index contributed by atoms with van der Waals surface area (Å²) in [5, 5.41) is 3.94. The van der Waals surface area contributed by atoms with Crippen LogP contribution in [-0.4, -0.2) is 17.6 Å². The van der Waals surface area contributed by atoms with Gasteiger partial charge in [0.05, 0.1) is 6.33 Å². The van der Waals surface area contributed by atoms with Crippen LogP contribution in [0.3, 0.4) is 0 Å². The van der Waals surface area contributed by atoms with E-state index in [0.29, 0.717) is 5.02 Å². The zero-order valence-corrected chi connectivity index (χ0v) is 14.7. The van der Waals surface area contributed by atoms with Gasteiger partial charge < -0.3 is 4.57 Å². The summed E-state index contributed by atoms with van der Waals surface area (Å²) >= 11 is 12.6. The van der Waals surface area contributed by atoms with Gasteiger partial charge in [-0.2, -0.15) is 0 Å². The van der Waals surface area contributed by atoms with Crippen LogP contribution in [0, 0.1) is 0 Å². The lowest BCUT2D eigenvalue weighted by atomic mass is 10.3. The molecule has 22 heavy (non-hydrogen) atoms. The van der Waals surface area contributed by atoms with Crippen LogP contribution in [0.25, 0.3) is 0 Å². The topological polar surface area (TPSA) is 17.8 Å². The fourth-order valence-electron chi connectivity index (χ4n) is 2.82. The van der Waals surface area contributed by atoms with Gasteiger partial charge >= 0.3 is 0 Å². The van der Waals surface area contributed by atoms with Gasteiger partial charge in [-0.05, 0) is 17.3 Å². The van der Waals surface area contributed by atoms with E-state index in [0.717, 1.165) is 11.2 Å². The Hall–Kier alpha value is -1.55. The van der Waals surface area contributed by atoms with Gasteiger partial charge in [-0.3, -0.25) is 0 Å². The Kier molecular flexibility index (Phi) is 4.38. The molecule has 112 valence electrons. The van der Waals surface area contributed by atoms with E-state index in [1.54, 1.807) is 0 Å². The third-order valence-electron chi connectivity index (χ3n) is 3.99. The second-order valence-corrected chi connectivity index (χ2v) is 10.5. The number of rotatable bonds is 4. The second-order valence-electron chi connectivity index (χ2n) is 5.56. The van der Waals surface area contributed by atoms with Crippen LogP contribution < -0.4 is 10.4 Å². The molecular formula is C17H16Cl2N2Si. The summed E-state index contributed by atoms with van der Waals surface area (Å²) < 4.78 is 2.13. The Labute approximate surface area is 141 Å². The quantitative estimate of drug-likeness (QED) is 0.659. The lowest BCUT2D eigenvalue weighted by molar-refractivity contribution is 0.858. The largest absolute Gasteiger partial charge is 0.340 e. The Balaban J connectivity index is 2.14. The number of imidazole rings is 1. The van der Waals surface area contributed by atoms with Gasteiger partial charge in [0, 0.05) is 28.6 Å². The van der Waals surface area contributed by atoms with E-state index in [4.69, 9.17) is 23.2 Å². The zero-order valence-electron chi connectivity index (χ0n) is 12.2. The number of hydrogen-bond acceptors (Lipinski definition) is 1. The van der Waals surface area contributed by atoms with Crippen molar-refractivity contribution in [2.24, 2.45) is 0 Å². The van der Waals surface area contributed by atoms with Crippen LogP contribution in [0.4, 0.5) is 0 Å². The van der Waals surface area contributed by atoms with Crippen molar-refractivity contribution in [2.45, 2.75) is 12.7 Å². The Morgan fingerprint density at radius 2 is 1.86 bits per heavy atom. The second kappa shape index (κ2) is 6.29. The van der Waals surface area contributed by atoms with E-state index in [1.165, 1.54) is 10.4 Å². The SMILES string of the molecule is C[Si](Cn1ccnc1)(c1ccccc1)c1ccc(Cl)cc1Cl. The van der Waals surface area contributed by atoms with Crippen LogP contribution in [0.5, 0.6) is 0 Å². The first kappa shape index (κ1) is 15.3. The van der Waals surface area contributed by atoms with E-state index in [9.17, 15) is 0 Å². The molecule has 1 atom stereocenters. The molecule has 0 fully saturated rings. The molecule has 0 radical (unpaired) electrons. The molecule has 0 bridgehead atoms. The monoisotopic (exact) mass is 346 g/mol. The highest BCUT2D eigenvalue weighted by Crippen LogP contribution is 2.19. The van der Waals surface area contributed by atoms with Crippen LogP contribution in [0.2, 0.25) is 16.6 Å². The summed E-state index contributed by atoms with van der Waals surface area (Å²) in [6, 6.07) is 16.4. The fourth-order valence-corrected chi connectivity index (χ4v) is 7.41. The van der Waals surface area contributed by atoms with Crippen molar-refractivity contribution in [1.29, 1.82) is 0 Å². The minimum atomic E-state index is -2.04. The summed E-state index contributed by atoms with van der Waals surface area (Å²) in [5.74, 6) is 0. The summed E-state index contributed by atoms with van der Waals surface area (Å²) in [5.41, 5.74) is 0. The lowest BCUT2D eigenvalue weighted by Crippen LogP contribution is -2.59. The van der Waals surface area contributed by atoms with Crippen LogP contribution in [-0.2, 0) is 6.17 Å². The molecule has 5 heteroatoms. The standard InChI is InChI=1S/C17H16Cl2N2Si/c1-22(13-21-10-9-20-12-21,15-5-3-2-4-6-15)17-8-7-14(18)11-16(17)19/h2-12H,13H2,1H3. The van der Waals surface area contributed by atoms with Crippen molar-refractivity contribution in [3.05, 3.63) is 77.3 Å². The highest BCUT2D eigenvalue weighted by atomic mass is 35.5. The van der Waals surface area contributed by atoms with Gasteiger partial charge in [-0.15, -0.1) is 0 Å². The molecule has 0 saturated carbocycles. The third kappa shape index (κ3) is 2.97. The first-order chi connectivity index (χ1) is 10.6. The predicted octanol–water partition coefficient (Wildman–Crippen LogP) is 3.62. The summed E-state index contributed by atoms with van der Waals surface area (Å²) in [7, 11) is -2.04. The summed E-state index contributed by atoms with van der Waals surface area (Å²) in [6.07, 6.45) is 6.55. The van der Waals surface area contributed by atoms with Crippen LogP contribution in [0.1, 0.15) is 0 Å². The number of hydrogen-bond donors (Lipinski definition) is 0. The average molecular weight is 347 g/mol. The van der Waals surface area contributed by atoms with Crippen LogP contribution >= 0.6 is 23.2 Å². The van der Waals surface area contributed by atoms with E-state index in [-0.39, 0.29) is 0 Å². The van der Waals surface area contributed by atoms with Gasteiger partial charge in [0.25, 0.3) is 0 Å². The van der Waals surface area contributed by atoms with Gasteiger partial charge in [0.15, 0.2) is 0 Å². The molecule has 0 N–H and O–H groups in total. The van der Waals surface area contributed by atoms with Gasteiger partial charge in [-0.25, -0.2) is 4.98 Å². The van der Waals surface area contributed by atoms with Crippen molar-refractivity contribution < 1.29 is 0 Å². The van der Waals surface area contributed by atoms with Crippen molar-refractivity contribution in [2.75, 3.05) is 0 Å². The van der Waals surface area contributed by atoms with Gasteiger partial charge in [0.2, 0.25) is 0 Å². The minimum absolute atomic E-state index is 0.667. The van der Waals surface area contributed by atoms with E-state index < -0.39 is 8.07 Å². The maximum atomic E-state index is 6.53. The number of nitrogens with zero attached hydrogens (tertiary/aromatic N) is 2. The van der Waals surface area contributed by atoms with E-state index in [2.05, 4.69) is 46.4 Å². The molecule has 3 aromatic rings. The molecule has 1 aromatic heterocycles. The first-order valence-corrected chi connectivity index (χ1v) is 10.5. The average Bonchev–Trinajstić information content (AvgIpc) is 3.00. The molecule has 0 saturated heterocycles. The third-order valence-corrected chi connectivity index (χ3v) is 8.93. The van der Waals surface area contributed by atoms with Gasteiger partial charge in [0.1, 0.15) is 8.07 Å². The molecule has 3 rings (SSSR count). The van der Waals surface area contributed by atoms with E-state index >= 15 is 0 Å². The molecule has 2 nitrogen and oxygen atoms in total. The molecule has 0 aliphatic rings. The van der Waals surface area contributed by atoms with Crippen LogP contribution in [0.15, 0.2) is 67.3 Å². The number of benzene rings is 2. The molecule has 0 amide bonds. The lowest BCUT2D eigenvalue weighted by Gasteiger charge is -2.30. The molecule has 0 spiro atoms. The van der Waals surface area contributed by atoms with Crippen molar-refractivity contribution in [1.82, 2.24) is 9.55 Å². The predicted molar refractivity (Wildman–Crippen MR) is 96.0 cm³/mol. The number of halogens is 2. The molecule has 0 aliphatic heterocycles. The molecule has 1 heterocycles. The highest BCUT2D eigenvalue weighted by Gasteiger charge is 2.34.